The molecule has 0 saturated heterocycles. The molecule has 4 heteroatoms. The van der Waals surface area contributed by atoms with Gasteiger partial charge in [0.05, 0.1) is 11.4 Å². The molecule has 0 aliphatic heterocycles. The van der Waals surface area contributed by atoms with E-state index in [0.717, 1.165) is 27.4 Å². The molecule has 0 atom stereocenters. The smallest absolute Gasteiger partial charge is 0.173 e. The number of rotatable bonds is 6. The van der Waals surface area contributed by atoms with Gasteiger partial charge < -0.3 is 0 Å². The second kappa shape index (κ2) is 9.36. The normalized spacial score (nSPS) is 14.7. The number of hydrogen-bond acceptors (Lipinski definition) is 4. The molecule has 0 spiro atoms. The third-order valence-electron chi connectivity index (χ3n) is 5.72. The van der Waals surface area contributed by atoms with Gasteiger partial charge in [-0.1, -0.05) is 79.6 Å². The second-order valence-electron chi connectivity index (χ2n) is 7.74. The average Bonchev–Trinajstić information content (AvgIpc) is 2.79. The SMILES string of the molecule is Cc1ccccc1C(=O)CSc1ccc(-c2ccc(C3CCCCC3)cc2)nn1. The molecule has 0 radical (unpaired) electrons. The number of carbonyl (C=O) groups is 1. The molecule has 0 unspecified atom stereocenters. The minimum atomic E-state index is 0.122. The van der Waals surface area contributed by atoms with Crippen LogP contribution in [0.4, 0.5) is 0 Å². The first-order valence-corrected chi connectivity index (χ1v) is 11.3. The Bertz CT molecular complexity index is 961. The summed E-state index contributed by atoms with van der Waals surface area (Å²) in [4.78, 5) is 12.4. The van der Waals surface area contributed by atoms with Crippen molar-refractivity contribution in [1.82, 2.24) is 10.2 Å². The molecule has 148 valence electrons. The lowest BCUT2D eigenvalue weighted by Gasteiger charge is -2.22. The first-order valence-electron chi connectivity index (χ1n) is 10.4. The highest BCUT2D eigenvalue weighted by Gasteiger charge is 2.15. The van der Waals surface area contributed by atoms with Crippen molar-refractivity contribution in [3.63, 3.8) is 0 Å². The van der Waals surface area contributed by atoms with E-state index >= 15 is 0 Å². The number of ketones is 1. The van der Waals surface area contributed by atoms with Gasteiger partial charge in [0.1, 0.15) is 5.03 Å². The number of aromatic nitrogens is 2. The number of thioether (sulfide) groups is 1. The van der Waals surface area contributed by atoms with E-state index in [-0.39, 0.29) is 5.78 Å². The topological polar surface area (TPSA) is 42.9 Å². The molecular weight excluding hydrogens is 376 g/mol. The van der Waals surface area contributed by atoms with Gasteiger partial charge in [-0.05, 0) is 48.9 Å². The van der Waals surface area contributed by atoms with Crippen molar-refractivity contribution in [3.05, 3.63) is 77.4 Å². The van der Waals surface area contributed by atoms with Crippen LogP contribution in [0.2, 0.25) is 0 Å². The Morgan fingerprint density at radius 1 is 0.931 bits per heavy atom. The summed E-state index contributed by atoms with van der Waals surface area (Å²) in [6.07, 6.45) is 6.70. The Morgan fingerprint density at radius 3 is 2.38 bits per heavy atom. The summed E-state index contributed by atoms with van der Waals surface area (Å²) in [7, 11) is 0. The van der Waals surface area contributed by atoms with Crippen molar-refractivity contribution in [1.29, 1.82) is 0 Å². The lowest BCUT2D eigenvalue weighted by atomic mass is 9.84. The zero-order valence-corrected chi connectivity index (χ0v) is 17.6. The van der Waals surface area contributed by atoms with Crippen LogP contribution in [0.5, 0.6) is 0 Å². The zero-order chi connectivity index (χ0) is 20.1. The fraction of sp³-hybridized carbons (Fsp3) is 0.320. The molecule has 0 amide bonds. The van der Waals surface area contributed by atoms with E-state index in [9.17, 15) is 4.79 Å². The number of benzene rings is 2. The molecule has 3 aromatic rings. The molecule has 3 nitrogen and oxygen atoms in total. The maximum absolute atomic E-state index is 12.4. The Balaban J connectivity index is 1.37. The van der Waals surface area contributed by atoms with Gasteiger partial charge in [-0.15, -0.1) is 10.2 Å². The van der Waals surface area contributed by atoms with Crippen molar-refractivity contribution in [2.75, 3.05) is 5.75 Å². The van der Waals surface area contributed by atoms with Gasteiger partial charge >= 0.3 is 0 Å². The summed E-state index contributed by atoms with van der Waals surface area (Å²) in [6.45, 7) is 1.96. The number of carbonyl (C=O) groups excluding carboxylic acids is 1. The minimum Gasteiger partial charge on any atom is -0.293 e. The molecule has 29 heavy (non-hydrogen) atoms. The number of hydrogen-bond donors (Lipinski definition) is 0. The summed E-state index contributed by atoms with van der Waals surface area (Å²) in [5.41, 5.74) is 5.20. The predicted octanol–water partition coefficient (Wildman–Crippen LogP) is 6.47. The molecule has 4 rings (SSSR count). The Hall–Kier alpha value is -2.46. The van der Waals surface area contributed by atoms with Crippen LogP contribution in [-0.4, -0.2) is 21.7 Å². The van der Waals surface area contributed by atoms with Crippen LogP contribution in [0.1, 0.15) is 59.5 Å². The second-order valence-corrected chi connectivity index (χ2v) is 8.74. The predicted molar refractivity (Wildman–Crippen MR) is 120 cm³/mol. The monoisotopic (exact) mass is 402 g/mol. The van der Waals surface area contributed by atoms with Crippen LogP contribution in [0.3, 0.4) is 0 Å². The van der Waals surface area contributed by atoms with Crippen LogP contribution < -0.4 is 0 Å². The highest BCUT2D eigenvalue weighted by atomic mass is 32.2. The molecule has 1 saturated carbocycles. The van der Waals surface area contributed by atoms with Crippen LogP contribution in [0.15, 0.2) is 65.7 Å². The van der Waals surface area contributed by atoms with Gasteiger partial charge in [-0.3, -0.25) is 4.79 Å². The molecule has 1 fully saturated rings. The first-order chi connectivity index (χ1) is 14.2. The number of aryl methyl sites for hydroxylation is 1. The van der Waals surface area contributed by atoms with E-state index in [1.165, 1.54) is 49.4 Å². The maximum Gasteiger partial charge on any atom is 0.173 e. The molecule has 1 aromatic heterocycles. The highest BCUT2D eigenvalue weighted by molar-refractivity contribution is 7.99. The van der Waals surface area contributed by atoms with Crippen LogP contribution >= 0.6 is 11.8 Å². The van der Waals surface area contributed by atoms with E-state index in [1.807, 2.05) is 43.3 Å². The summed E-state index contributed by atoms with van der Waals surface area (Å²) >= 11 is 1.43. The maximum atomic E-state index is 12.4. The van der Waals surface area contributed by atoms with Crippen LogP contribution in [0.25, 0.3) is 11.3 Å². The Labute approximate surface area is 177 Å². The van der Waals surface area contributed by atoms with Gasteiger partial charge in [0.15, 0.2) is 5.78 Å². The average molecular weight is 403 g/mol. The fourth-order valence-electron chi connectivity index (χ4n) is 4.02. The number of Topliss-reactive ketones (excluding diaryl/α,β-unsaturated/α-hetero) is 1. The Kier molecular flexibility index (Phi) is 6.40. The third-order valence-corrected chi connectivity index (χ3v) is 6.64. The van der Waals surface area contributed by atoms with E-state index in [1.54, 1.807) is 0 Å². The molecule has 1 aliphatic carbocycles. The zero-order valence-electron chi connectivity index (χ0n) is 16.8. The summed E-state index contributed by atoms with van der Waals surface area (Å²) < 4.78 is 0. The van der Waals surface area contributed by atoms with Crippen molar-refractivity contribution in [2.45, 2.75) is 50.0 Å². The van der Waals surface area contributed by atoms with E-state index < -0.39 is 0 Å². The van der Waals surface area contributed by atoms with Crippen molar-refractivity contribution >= 4 is 17.5 Å². The van der Waals surface area contributed by atoms with E-state index in [4.69, 9.17) is 0 Å². The summed E-state index contributed by atoms with van der Waals surface area (Å²) in [6, 6.07) is 20.4. The van der Waals surface area contributed by atoms with Crippen LogP contribution in [-0.2, 0) is 0 Å². The van der Waals surface area contributed by atoms with Crippen LogP contribution in [0, 0.1) is 6.92 Å². The molecular formula is C25H26N2OS. The van der Waals surface area contributed by atoms with Crippen molar-refractivity contribution in [2.24, 2.45) is 0 Å². The molecule has 1 heterocycles. The molecule has 1 aliphatic rings. The van der Waals surface area contributed by atoms with Gasteiger partial charge in [-0.2, -0.15) is 0 Å². The first kappa shape index (κ1) is 19.8. The van der Waals surface area contributed by atoms with Gasteiger partial charge in [0.2, 0.25) is 0 Å². The Morgan fingerprint density at radius 2 is 1.69 bits per heavy atom. The van der Waals surface area contributed by atoms with Gasteiger partial charge in [-0.25, -0.2) is 0 Å². The largest absolute Gasteiger partial charge is 0.293 e. The van der Waals surface area contributed by atoms with E-state index in [0.29, 0.717) is 11.7 Å². The van der Waals surface area contributed by atoms with Crippen molar-refractivity contribution in [3.8, 4) is 11.3 Å². The molecule has 0 N–H and O–H groups in total. The third kappa shape index (κ3) is 4.94. The summed E-state index contributed by atoms with van der Waals surface area (Å²) in [5.74, 6) is 1.21. The highest BCUT2D eigenvalue weighted by Crippen LogP contribution is 2.33. The van der Waals surface area contributed by atoms with Gasteiger partial charge in [0, 0.05) is 11.1 Å². The standard InChI is InChI=1S/C25H26N2OS/c1-18-7-5-6-10-22(18)24(28)17-29-25-16-15-23(26-27-25)21-13-11-20(12-14-21)19-8-3-2-4-9-19/h5-7,10-16,19H,2-4,8-9,17H2,1H3. The fourth-order valence-corrected chi connectivity index (χ4v) is 4.71. The molecule has 0 bridgehead atoms. The summed E-state index contributed by atoms with van der Waals surface area (Å²) in [5, 5.41) is 9.47. The van der Waals surface area contributed by atoms with E-state index in [2.05, 4.69) is 34.5 Å². The lowest BCUT2D eigenvalue weighted by Crippen LogP contribution is -2.05. The van der Waals surface area contributed by atoms with Gasteiger partial charge in [0.25, 0.3) is 0 Å². The molecule has 2 aromatic carbocycles. The lowest BCUT2D eigenvalue weighted by molar-refractivity contribution is 0.102. The quantitative estimate of drug-likeness (QED) is 0.350. The minimum absolute atomic E-state index is 0.122. The van der Waals surface area contributed by atoms with Crippen molar-refractivity contribution < 1.29 is 4.79 Å². The number of nitrogens with zero attached hydrogens (tertiary/aromatic N) is 2.